The van der Waals surface area contributed by atoms with Crippen LogP contribution in [0.25, 0.3) is 0 Å². The Morgan fingerprint density at radius 2 is 1.83 bits per heavy atom. The fourth-order valence-electron chi connectivity index (χ4n) is 3.55. The Bertz CT molecular complexity index is 1100. The zero-order valence-corrected chi connectivity index (χ0v) is 18.5. The van der Waals surface area contributed by atoms with E-state index in [2.05, 4.69) is 5.32 Å². The highest BCUT2D eigenvalue weighted by Crippen LogP contribution is 2.30. The third kappa shape index (κ3) is 4.55. The number of nitrogens with one attached hydrogen (secondary N) is 1. The number of hydrogen-bond acceptors (Lipinski definition) is 4. The quantitative estimate of drug-likeness (QED) is 0.792. The Morgan fingerprint density at radius 3 is 2.50 bits per heavy atom. The van der Waals surface area contributed by atoms with Gasteiger partial charge in [0.1, 0.15) is 0 Å². The number of benzene rings is 2. The summed E-state index contributed by atoms with van der Waals surface area (Å²) >= 11 is 0. The number of fused-ring (bicyclic) bond motifs is 1. The van der Waals surface area contributed by atoms with Gasteiger partial charge in [-0.1, -0.05) is 6.07 Å². The van der Waals surface area contributed by atoms with Crippen molar-refractivity contribution in [2.75, 3.05) is 30.4 Å². The zero-order chi connectivity index (χ0) is 22.1. The van der Waals surface area contributed by atoms with Crippen LogP contribution in [0.3, 0.4) is 0 Å². The molecule has 0 spiro atoms. The third-order valence-corrected chi connectivity index (χ3v) is 7.21. The monoisotopic (exact) mass is 429 g/mol. The molecule has 1 aliphatic rings. The molecule has 0 atom stereocenters. The van der Waals surface area contributed by atoms with E-state index in [1.54, 1.807) is 23.1 Å². The molecule has 0 fully saturated rings. The van der Waals surface area contributed by atoms with Crippen LogP contribution in [0.1, 0.15) is 30.0 Å². The molecular weight excluding hydrogens is 402 g/mol. The van der Waals surface area contributed by atoms with Gasteiger partial charge in [0.2, 0.25) is 21.8 Å². The minimum Gasteiger partial charge on any atom is -0.325 e. The van der Waals surface area contributed by atoms with Crippen molar-refractivity contribution < 1.29 is 18.0 Å². The number of likely N-dealkylation sites (N-methyl/N-ethyl adjacent to an activating group) is 1. The van der Waals surface area contributed by atoms with Crippen molar-refractivity contribution in [2.24, 2.45) is 0 Å². The summed E-state index contributed by atoms with van der Waals surface area (Å²) in [6, 6.07) is 10.3. The maximum absolute atomic E-state index is 13.0. The Hall–Kier alpha value is -2.71. The first-order valence-electron chi connectivity index (χ1n) is 9.84. The number of sulfonamides is 1. The number of nitrogens with zero attached hydrogens (tertiary/aromatic N) is 2. The average molecular weight is 430 g/mol. The second-order valence-electron chi connectivity index (χ2n) is 7.67. The Labute approximate surface area is 177 Å². The van der Waals surface area contributed by atoms with E-state index in [9.17, 15) is 18.0 Å². The van der Waals surface area contributed by atoms with Gasteiger partial charge in [-0.2, -0.15) is 4.31 Å². The van der Waals surface area contributed by atoms with E-state index in [4.69, 9.17) is 0 Å². The van der Waals surface area contributed by atoms with Crippen LogP contribution >= 0.6 is 0 Å². The standard InChI is InChI=1S/C22H27N3O4S/c1-15-7-8-19(12-16(15)2)23-22(27)14-24(4)30(28,29)20-9-10-21-18(13-20)6-5-11-25(21)17(3)26/h7-10,12-13H,5-6,11,14H2,1-4H3,(H,23,27). The molecule has 3 rings (SSSR count). The van der Waals surface area contributed by atoms with Gasteiger partial charge in [-0.25, -0.2) is 8.42 Å². The molecule has 0 saturated carbocycles. The lowest BCUT2D eigenvalue weighted by Gasteiger charge is -2.29. The van der Waals surface area contributed by atoms with E-state index in [1.165, 1.54) is 20.0 Å². The lowest BCUT2D eigenvalue weighted by atomic mass is 10.0. The molecule has 7 nitrogen and oxygen atoms in total. The SMILES string of the molecule is CC(=O)N1CCCc2cc(S(=O)(=O)N(C)CC(=O)Nc3ccc(C)c(C)c3)ccc21. The maximum atomic E-state index is 13.0. The predicted molar refractivity (Wildman–Crippen MR) is 117 cm³/mol. The van der Waals surface area contributed by atoms with E-state index in [0.29, 0.717) is 18.7 Å². The fourth-order valence-corrected chi connectivity index (χ4v) is 4.73. The van der Waals surface area contributed by atoms with Gasteiger partial charge in [-0.05, 0) is 73.7 Å². The summed E-state index contributed by atoms with van der Waals surface area (Å²) in [7, 11) is -2.46. The molecule has 30 heavy (non-hydrogen) atoms. The van der Waals surface area contributed by atoms with Gasteiger partial charge in [0.15, 0.2) is 0 Å². The van der Waals surface area contributed by atoms with Gasteiger partial charge in [0, 0.05) is 31.9 Å². The van der Waals surface area contributed by atoms with Crippen LogP contribution in [0.4, 0.5) is 11.4 Å². The number of hydrogen-bond donors (Lipinski definition) is 1. The maximum Gasteiger partial charge on any atom is 0.243 e. The number of amides is 2. The van der Waals surface area contributed by atoms with E-state index in [-0.39, 0.29) is 17.3 Å². The molecule has 2 aromatic rings. The van der Waals surface area contributed by atoms with E-state index in [0.717, 1.165) is 33.1 Å². The molecule has 1 aliphatic heterocycles. The van der Waals surface area contributed by atoms with Crippen LogP contribution in [-0.2, 0) is 26.0 Å². The van der Waals surface area contributed by atoms with E-state index >= 15 is 0 Å². The molecule has 0 aromatic heterocycles. The summed E-state index contributed by atoms with van der Waals surface area (Å²) in [5.41, 5.74) is 4.37. The van der Waals surface area contributed by atoms with Crippen LogP contribution in [0.5, 0.6) is 0 Å². The number of carbonyl (C=O) groups is 2. The molecular formula is C22H27N3O4S. The summed E-state index contributed by atoms with van der Waals surface area (Å²) in [6.45, 7) is 5.76. The average Bonchev–Trinajstić information content (AvgIpc) is 2.69. The van der Waals surface area contributed by atoms with Crippen molar-refractivity contribution >= 4 is 33.2 Å². The van der Waals surface area contributed by atoms with E-state index < -0.39 is 15.9 Å². The Morgan fingerprint density at radius 1 is 1.10 bits per heavy atom. The molecule has 0 unspecified atom stereocenters. The first-order valence-corrected chi connectivity index (χ1v) is 11.3. The van der Waals surface area contributed by atoms with Crippen molar-refractivity contribution in [2.45, 2.75) is 38.5 Å². The predicted octanol–water partition coefficient (Wildman–Crippen LogP) is 2.86. The second kappa shape index (κ2) is 8.57. The third-order valence-electron chi connectivity index (χ3n) is 5.41. The molecule has 8 heteroatoms. The molecule has 0 saturated heterocycles. The van der Waals surface area contributed by atoms with Crippen molar-refractivity contribution in [3.63, 3.8) is 0 Å². The fraction of sp³-hybridized carbons (Fsp3) is 0.364. The van der Waals surface area contributed by atoms with Crippen molar-refractivity contribution in [1.29, 1.82) is 0 Å². The minimum absolute atomic E-state index is 0.0633. The Balaban J connectivity index is 1.75. The molecule has 2 aromatic carbocycles. The second-order valence-corrected chi connectivity index (χ2v) is 9.72. The van der Waals surface area contributed by atoms with Gasteiger partial charge in [0.25, 0.3) is 0 Å². The summed E-state index contributed by atoms with van der Waals surface area (Å²) in [4.78, 5) is 26.0. The van der Waals surface area contributed by atoms with Crippen LogP contribution < -0.4 is 10.2 Å². The molecule has 160 valence electrons. The van der Waals surface area contributed by atoms with Crippen molar-refractivity contribution in [3.05, 3.63) is 53.1 Å². The largest absolute Gasteiger partial charge is 0.325 e. The molecule has 2 amide bonds. The smallest absolute Gasteiger partial charge is 0.243 e. The first kappa shape index (κ1) is 22.0. The minimum atomic E-state index is -3.84. The number of carbonyl (C=O) groups excluding carboxylic acids is 2. The molecule has 1 N–H and O–H groups in total. The molecule has 1 heterocycles. The summed E-state index contributed by atoms with van der Waals surface area (Å²) in [5, 5.41) is 2.74. The lowest BCUT2D eigenvalue weighted by molar-refractivity contribution is -0.117. The topological polar surface area (TPSA) is 86.8 Å². The zero-order valence-electron chi connectivity index (χ0n) is 17.7. The molecule has 0 bridgehead atoms. The van der Waals surface area contributed by atoms with Gasteiger partial charge >= 0.3 is 0 Å². The summed E-state index contributed by atoms with van der Waals surface area (Å²) in [6.07, 6.45) is 1.49. The highest BCUT2D eigenvalue weighted by molar-refractivity contribution is 7.89. The highest BCUT2D eigenvalue weighted by Gasteiger charge is 2.26. The number of aryl methyl sites for hydroxylation is 3. The number of anilines is 2. The van der Waals surface area contributed by atoms with Gasteiger partial charge < -0.3 is 10.2 Å². The van der Waals surface area contributed by atoms with Crippen molar-refractivity contribution in [3.8, 4) is 0 Å². The van der Waals surface area contributed by atoms with Gasteiger partial charge in [0.05, 0.1) is 11.4 Å². The first-order chi connectivity index (χ1) is 14.1. The molecule has 0 radical (unpaired) electrons. The summed E-state index contributed by atoms with van der Waals surface area (Å²) in [5.74, 6) is -0.475. The molecule has 0 aliphatic carbocycles. The lowest BCUT2D eigenvalue weighted by Crippen LogP contribution is -2.36. The van der Waals surface area contributed by atoms with Crippen LogP contribution in [0.15, 0.2) is 41.3 Å². The van der Waals surface area contributed by atoms with Crippen LogP contribution in [-0.4, -0.2) is 44.7 Å². The van der Waals surface area contributed by atoms with Crippen molar-refractivity contribution in [1.82, 2.24) is 4.31 Å². The van der Waals surface area contributed by atoms with Crippen LogP contribution in [0.2, 0.25) is 0 Å². The Kier molecular flexibility index (Phi) is 6.28. The van der Waals surface area contributed by atoms with Gasteiger partial charge in [-0.15, -0.1) is 0 Å². The van der Waals surface area contributed by atoms with E-state index in [1.807, 2.05) is 26.0 Å². The number of rotatable bonds is 5. The summed E-state index contributed by atoms with van der Waals surface area (Å²) < 4.78 is 27.0. The normalized spacial score (nSPS) is 13.8. The highest BCUT2D eigenvalue weighted by atomic mass is 32.2. The van der Waals surface area contributed by atoms with Crippen LogP contribution in [0, 0.1) is 13.8 Å². The van der Waals surface area contributed by atoms with Gasteiger partial charge in [-0.3, -0.25) is 9.59 Å².